The maximum absolute atomic E-state index is 14.0. The Labute approximate surface area is 198 Å². The van der Waals surface area contributed by atoms with Crippen LogP contribution in [0.15, 0.2) is 79.1 Å². The van der Waals surface area contributed by atoms with Crippen LogP contribution in [0.3, 0.4) is 0 Å². The summed E-state index contributed by atoms with van der Waals surface area (Å²) in [6.07, 6.45) is 2.18. The molecule has 0 N–H and O–H groups in total. The van der Waals surface area contributed by atoms with Crippen LogP contribution in [0.5, 0.6) is 11.5 Å². The SMILES string of the molecule is COc1ccc(C(=O)N2c3ncnn3[C@@H](c3ccccc3)C[C@H]2c2ccc(C)cc2)cc1OC. The molecule has 3 aromatic carbocycles. The molecule has 0 saturated carbocycles. The fourth-order valence-electron chi connectivity index (χ4n) is 4.56. The molecule has 2 atom stereocenters. The molecule has 172 valence electrons. The smallest absolute Gasteiger partial charge is 0.261 e. The molecular weight excluding hydrogens is 428 g/mol. The summed E-state index contributed by atoms with van der Waals surface area (Å²) in [6.45, 7) is 2.06. The molecule has 0 spiro atoms. The number of amides is 1. The van der Waals surface area contributed by atoms with Crippen molar-refractivity contribution >= 4 is 11.9 Å². The minimum atomic E-state index is -0.219. The molecule has 0 saturated heterocycles. The Bertz CT molecular complexity index is 1300. The molecule has 0 unspecified atom stereocenters. The topological polar surface area (TPSA) is 69.5 Å². The molecule has 0 bridgehead atoms. The maximum atomic E-state index is 14.0. The van der Waals surface area contributed by atoms with Crippen molar-refractivity contribution in [2.24, 2.45) is 0 Å². The summed E-state index contributed by atoms with van der Waals surface area (Å²) in [4.78, 5) is 20.2. The highest BCUT2D eigenvalue weighted by Gasteiger charge is 2.39. The number of methoxy groups -OCH3 is 2. The van der Waals surface area contributed by atoms with Crippen LogP contribution in [0, 0.1) is 6.92 Å². The van der Waals surface area contributed by atoms with Crippen molar-refractivity contribution in [3.8, 4) is 11.5 Å². The van der Waals surface area contributed by atoms with Gasteiger partial charge in [-0.2, -0.15) is 10.1 Å². The molecule has 5 rings (SSSR count). The lowest BCUT2D eigenvalue weighted by Gasteiger charge is -2.39. The number of carbonyl (C=O) groups excluding carboxylic acids is 1. The van der Waals surface area contributed by atoms with Gasteiger partial charge in [-0.1, -0.05) is 60.2 Å². The maximum Gasteiger partial charge on any atom is 0.261 e. The van der Waals surface area contributed by atoms with Crippen molar-refractivity contribution in [3.05, 3.63) is 101 Å². The van der Waals surface area contributed by atoms with Gasteiger partial charge in [0.25, 0.3) is 5.91 Å². The lowest BCUT2D eigenvalue weighted by molar-refractivity contribution is 0.0963. The van der Waals surface area contributed by atoms with Crippen LogP contribution in [-0.2, 0) is 0 Å². The molecule has 7 nitrogen and oxygen atoms in total. The van der Waals surface area contributed by atoms with Crippen molar-refractivity contribution < 1.29 is 14.3 Å². The number of fused-ring (bicyclic) bond motifs is 1. The molecule has 7 heteroatoms. The van der Waals surface area contributed by atoms with Gasteiger partial charge in [0.15, 0.2) is 11.5 Å². The van der Waals surface area contributed by atoms with Crippen LogP contribution in [0.2, 0.25) is 0 Å². The zero-order valence-corrected chi connectivity index (χ0v) is 19.4. The monoisotopic (exact) mass is 454 g/mol. The Hall–Kier alpha value is -4.13. The van der Waals surface area contributed by atoms with E-state index in [1.54, 1.807) is 37.3 Å². The summed E-state index contributed by atoms with van der Waals surface area (Å²) < 4.78 is 12.6. The highest BCUT2D eigenvalue weighted by molar-refractivity contribution is 6.06. The first kappa shape index (κ1) is 21.7. The first-order valence-corrected chi connectivity index (χ1v) is 11.2. The second kappa shape index (κ2) is 9.02. The largest absolute Gasteiger partial charge is 0.493 e. The van der Waals surface area contributed by atoms with Crippen LogP contribution in [0.1, 0.15) is 45.6 Å². The average molecular weight is 455 g/mol. The first-order valence-electron chi connectivity index (χ1n) is 11.2. The molecule has 1 amide bonds. The number of hydrogen-bond donors (Lipinski definition) is 0. The number of benzene rings is 3. The third-order valence-corrected chi connectivity index (χ3v) is 6.32. The summed E-state index contributed by atoms with van der Waals surface area (Å²) in [5, 5.41) is 4.51. The lowest BCUT2D eigenvalue weighted by atomic mass is 9.91. The third kappa shape index (κ3) is 3.79. The second-order valence-corrected chi connectivity index (χ2v) is 8.34. The second-order valence-electron chi connectivity index (χ2n) is 8.34. The Kier molecular flexibility index (Phi) is 5.76. The molecule has 0 aliphatic carbocycles. The average Bonchev–Trinajstić information content (AvgIpc) is 3.37. The van der Waals surface area contributed by atoms with Gasteiger partial charge in [-0.25, -0.2) is 4.68 Å². The summed E-state index contributed by atoms with van der Waals surface area (Å²) in [5.74, 6) is 1.42. The number of aryl methyl sites for hydroxylation is 1. The Morgan fingerprint density at radius 3 is 2.29 bits per heavy atom. The highest BCUT2D eigenvalue weighted by Crippen LogP contribution is 2.43. The zero-order valence-electron chi connectivity index (χ0n) is 19.4. The number of carbonyl (C=O) groups is 1. The molecule has 0 fully saturated rings. The molecule has 4 aromatic rings. The van der Waals surface area contributed by atoms with E-state index in [4.69, 9.17) is 9.47 Å². The number of ether oxygens (including phenoxy) is 2. The molecule has 2 heterocycles. The van der Waals surface area contributed by atoms with Crippen LogP contribution in [-0.4, -0.2) is 34.9 Å². The van der Waals surface area contributed by atoms with E-state index in [9.17, 15) is 4.79 Å². The number of aromatic nitrogens is 3. The Balaban J connectivity index is 1.63. The van der Waals surface area contributed by atoms with Crippen LogP contribution >= 0.6 is 0 Å². The van der Waals surface area contributed by atoms with E-state index >= 15 is 0 Å². The molecule has 1 aliphatic rings. The third-order valence-electron chi connectivity index (χ3n) is 6.32. The van der Waals surface area contributed by atoms with Crippen molar-refractivity contribution in [2.75, 3.05) is 19.1 Å². The van der Waals surface area contributed by atoms with E-state index in [1.165, 1.54) is 11.9 Å². The van der Waals surface area contributed by atoms with E-state index in [0.29, 0.717) is 29.4 Å². The van der Waals surface area contributed by atoms with Gasteiger partial charge in [-0.05, 0) is 42.7 Å². The minimum Gasteiger partial charge on any atom is -0.493 e. The van der Waals surface area contributed by atoms with Gasteiger partial charge in [-0.15, -0.1) is 0 Å². The van der Waals surface area contributed by atoms with Gasteiger partial charge in [-0.3, -0.25) is 9.69 Å². The Morgan fingerprint density at radius 1 is 0.882 bits per heavy atom. The molecule has 0 radical (unpaired) electrons. The number of anilines is 1. The quantitative estimate of drug-likeness (QED) is 0.425. The summed E-state index contributed by atoms with van der Waals surface area (Å²) in [7, 11) is 3.13. The molecule has 1 aliphatic heterocycles. The summed E-state index contributed by atoms with van der Waals surface area (Å²) in [6, 6.07) is 23.5. The van der Waals surface area contributed by atoms with E-state index in [0.717, 1.165) is 11.1 Å². The van der Waals surface area contributed by atoms with Crippen LogP contribution in [0.25, 0.3) is 0 Å². The Morgan fingerprint density at radius 2 is 1.59 bits per heavy atom. The fraction of sp³-hybridized carbons (Fsp3) is 0.222. The summed E-state index contributed by atoms with van der Waals surface area (Å²) in [5.41, 5.74) is 3.83. The predicted molar refractivity (Wildman–Crippen MR) is 129 cm³/mol. The predicted octanol–water partition coefficient (Wildman–Crippen LogP) is 4.98. The summed E-state index contributed by atoms with van der Waals surface area (Å²) >= 11 is 0. The molecular formula is C27H26N4O3. The van der Waals surface area contributed by atoms with E-state index in [1.807, 2.05) is 22.9 Å². The fourth-order valence-corrected chi connectivity index (χ4v) is 4.56. The minimum absolute atomic E-state index is 0.0422. The molecule has 34 heavy (non-hydrogen) atoms. The van der Waals surface area contributed by atoms with Crippen LogP contribution < -0.4 is 14.4 Å². The van der Waals surface area contributed by atoms with E-state index in [-0.39, 0.29) is 18.0 Å². The highest BCUT2D eigenvalue weighted by atomic mass is 16.5. The van der Waals surface area contributed by atoms with Gasteiger partial charge >= 0.3 is 0 Å². The van der Waals surface area contributed by atoms with E-state index in [2.05, 4.69) is 53.4 Å². The van der Waals surface area contributed by atoms with Crippen molar-refractivity contribution in [2.45, 2.75) is 25.4 Å². The normalized spacial score (nSPS) is 17.2. The van der Waals surface area contributed by atoms with Crippen molar-refractivity contribution in [1.82, 2.24) is 14.8 Å². The van der Waals surface area contributed by atoms with Gasteiger partial charge in [0.1, 0.15) is 6.33 Å². The molecule has 1 aromatic heterocycles. The van der Waals surface area contributed by atoms with Gasteiger partial charge in [0.2, 0.25) is 5.95 Å². The number of rotatable bonds is 5. The first-order chi connectivity index (χ1) is 16.6. The number of nitrogens with zero attached hydrogens (tertiary/aromatic N) is 4. The zero-order chi connectivity index (χ0) is 23.7. The van der Waals surface area contributed by atoms with Gasteiger partial charge in [0.05, 0.1) is 26.3 Å². The van der Waals surface area contributed by atoms with Crippen molar-refractivity contribution in [3.63, 3.8) is 0 Å². The van der Waals surface area contributed by atoms with E-state index < -0.39 is 0 Å². The van der Waals surface area contributed by atoms with Gasteiger partial charge < -0.3 is 9.47 Å². The van der Waals surface area contributed by atoms with Crippen LogP contribution in [0.4, 0.5) is 5.95 Å². The lowest BCUT2D eigenvalue weighted by Crippen LogP contribution is -2.42. The van der Waals surface area contributed by atoms with Crippen molar-refractivity contribution in [1.29, 1.82) is 0 Å². The number of hydrogen-bond acceptors (Lipinski definition) is 5. The standard InChI is InChI=1S/C27H26N4O3/c1-18-9-11-20(12-10-18)22-16-23(19-7-5-4-6-8-19)31-27(28-17-29-31)30(22)26(32)21-13-14-24(33-2)25(15-21)34-3/h4-15,17,22-23H,16H2,1-3H3/t22-,23+/m0/s1. The van der Waals surface area contributed by atoms with Gasteiger partial charge in [0, 0.05) is 5.56 Å².